The maximum Gasteiger partial charge on any atom is 0.344 e. The summed E-state index contributed by atoms with van der Waals surface area (Å²) in [6.45, 7) is 1.55. The predicted molar refractivity (Wildman–Crippen MR) is 110 cm³/mol. The number of hydrogen-bond acceptors (Lipinski definition) is 7. The number of hydrogen-bond donors (Lipinski definition) is 1. The number of carbonyl (C=O) groups is 2. The second kappa shape index (κ2) is 11.7. The van der Waals surface area contributed by atoms with Crippen LogP contribution in [0.2, 0.25) is 0 Å². The van der Waals surface area contributed by atoms with Gasteiger partial charge in [0.05, 0.1) is 19.9 Å². The minimum absolute atomic E-state index is 0.214. The van der Waals surface area contributed by atoms with Gasteiger partial charge in [0.25, 0.3) is 5.91 Å². The molecule has 0 radical (unpaired) electrons. The molecule has 1 amide bonds. The maximum absolute atomic E-state index is 12.0. The van der Waals surface area contributed by atoms with Gasteiger partial charge in [-0.25, -0.2) is 10.2 Å². The number of halogens is 1. The Bertz CT molecular complexity index is 872. The van der Waals surface area contributed by atoms with Crippen molar-refractivity contribution < 1.29 is 28.5 Å². The smallest absolute Gasteiger partial charge is 0.344 e. The Morgan fingerprint density at radius 1 is 1.07 bits per heavy atom. The van der Waals surface area contributed by atoms with Crippen molar-refractivity contribution in [3.8, 4) is 17.2 Å². The molecule has 154 valence electrons. The number of benzene rings is 2. The lowest BCUT2D eigenvalue weighted by Crippen LogP contribution is -2.24. The van der Waals surface area contributed by atoms with E-state index in [2.05, 4.69) is 26.5 Å². The molecule has 1 N–H and O–H groups in total. The number of hydrazone groups is 1. The molecule has 8 nitrogen and oxygen atoms in total. The molecule has 0 atom stereocenters. The number of amides is 1. The van der Waals surface area contributed by atoms with Gasteiger partial charge in [-0.15, -0.1) is 0 Å². The summed E-state index contributed by atoms with van der Waals surface area (Å²) in [5.74, 6) is 0.467. The van der Waals surface area contributed by atoms with Crippen LogP contribution in [0.3, 0.4) is 0 Å². The largest absolute Gasteiger partial charge is 0.493 e. The highest BCUT2D eigenvalue weighted by Gasteiger charge is 2.08. The van der Waals surface area contributed by atoms with Crippen molar-refractivity contribution in [1.82, 2.24) is 5.43 Å². The van der Waals surface area contributed by atoms with Crippen molar-refractivity contribution in [3.63, 3.8) is 0 Å². The number of nitrogens with zero attached hydrogens (tertiary/aromatic N) is 1. The van der Waals surface area contributed by atoms with Gasteiger partial charge in [0.2, 0.25) is 0 Å². The zero-order chi connectivity index (χ0) is 21.1. The molecule has 0 heterocycles. The SMILES string of the molecule is CCOC(=O)COc1ccccc1/C=N\NC(=O)COc1ccc(Br)cc1OC. The first kappa shape index (κ1) is 22.2. The van der Waals surface area contributed by atoms with Crippen molar-refractivity contribution in [3.05, 3.63) is 52.5 Å². The van der Waals surface area contributed by atoms with Crippen LogP contribution in [0.4, 0.5) is 0 Å². The molecule has 0 bridgehead atoms. The number of methoxy groups -OCH3 is 1. The number of esters is 1. The summed E-state index contributed by atoms with van der Waals surface area (Å²) in [5, 5.41) is 3.90. The topological polar surface area (TPSA) is 95.5 Å². The number of ether oxygens (including phenoxy) is 4. The zero-order valence-corrected chi connectivity index (χ0v) is 17.6. The van der Waals surface area contributed by atoms with E-state index >= 15 is 0 Å². The van der Waals surface area contributed by atoms with Gasteiger partial charge in [-0.1, -0.05) is 28.1 Å². The second-order valence-electron chi connectivity index (χ2n) is 5.51. The lowest BCUT2D eigenvalue weighted by atomic mass is 10.2. The third-order valence-corrected chi connectivity index (χ3v) is 3.94. The van der Waals surface area contributed by atoms with Crippen LogP contribution in [-0.2, 0) is 14.3 Å². The van der Waals surface area contributed by atoms with Crippen LogP contribution < -0.4 is 19.6 Å². The Morgan fingerprint density at radius 3 is 2.59 bits per heavy atom. The fraction of sp³-hybridized carbons (Fsp3) is 0.250. The molecule has 0 unspecified atom stereocenters. The van der Waals surface area contributed by atoms with Gasteiger partial charge in [0.1, 0.15) is 5.75 Å². The van der Waals surface area contributed by atoms with Crippen molar-refractivity contribution in [2.45, 2.75) is 6.92 Å². The van der Waals surface area contributed by atoms with Gasteiger partial charge in [0, 0.05) is 10.0 Å². The summed E-state index contributed by atoms with van der Waals surface area (Å²) in [7, 11) is 1.51. The maximum atomic E-state index is 12.0. The molecule has 0 aliphatic carbocycles. The van der Waals surface area contributed by atoms with Crippen LogP contribution in [0, 0.1) is 0 Å². The molecule has 0 saturated heterocycles. The van der Waals surface area contributed by atoms with Crippen molar-refractivity contribution in [2.24, 2.45) is 5.10 Å². The summed E-state index contributed by atoms with van der Waals surface area (Å²) in [6, 6.07) is 12.2. The number of carbonyl (C=O) groups excluding carboxylic acids is 2. The molecule has 0 fully saturated rings. The molecule has 2 aromatic rings. The van der Waals surface area contributed by atoms with E-state index in [0.29, 0.717) is 22.8 Å². The first-order valence-corrected chi connectivity index (χ1v) is 9.48. The van der Waals surface area contributed by atoms with E-state index in [1.165, 1.54) is 13.3 Å². The highest BCUT2D eigenvalue weighted by atomic mass is 79.9. The summed E-state index contributed by atoms with van der Waals surface area (Å²) < 4.78 is 21.7. The van der Waals surface area contributed by atoms with E-state index in [-0.39, 0.29) is 19.8 Å². The molecule has 0 aliphatic heterocycles. The Balaban J connectivity index is 1.88. The summed E-state index contributed by atoms with van der Waals surface area (Å²) in [5.41, 5.74) is 2.96. The Hall–Kier alpha value is -3.07. The molecular formula is C20H21BrN2O6. The van der Waals surface area contributed by atoms with Gasteiger partial charge in [-0.3, -0.25) is 4.79 Å². The fourth-order valence-electron chi connectivity index (χ4n) is 2.17. The van der Waals surface area contributed by atoms with Crippen LogP contribution in [0.5, 0.6) is 17.2 Å². The number of nitrogens with one attached hydrogen (secondary N) is 1. The van der Waals surface area contributed by atoms with E-state index in [4.69, 9.17) is 18.9 Å². The van der Waals surface area contributed by atoms with Gasteiger partial charge in [0.15, 0.2) is 24.7 Å². The Labute approximate surface area is 176 Å². The third kappa shape index (κ3) is 7.46. The van der Waals surface area contributed by atoms with Crippen LogP contribution in [-0.4, -0.2) is 45.0 Å². The molecule has 29 heavy (non-hydrogen) atoms. The second-order valence-corrected chi connectivity index (χ2v) is 6.42. The van der Waals surface area contributed by atoms with Crippen LogP contribution in [0.15, 0.2) is 52.0 Å². The van der Waals surface area contributed by atoms with E-state index < -0.39 is 11.9 Å². The summed E-state index contributed by atoms with van der Waals surface area (Å²) in [6.07, 6.45) is 1.42. The lowest BCUT2D eigenvalue weighted by Gasteiger charge is -2.10. The highest BCUT2D eigenvalue weighted by Crippen LogP contribution is 2.30. The molecule has 0 aromatic heterocycles. The van der Waals surface area contributed by atoms with Crippen LogP contribution >= 0.6 is 15.9 Å². The molecule has 2 rings (SSSR count). The highest BCUT2D eigenvalue weighted by molar-refractivity contribution is 9.10. The number of para-hydroxylation sites is 1. The van der Waals surface area contributed by atoms with Gasteiger partial charge in [-0.2, -0.15) is 5.10 Å². The van der Waals surface area contributed by atoms with Crippen molar-refractivity contribution in [1.29, 1.82) is 0 Å². The van der Waals surface area contributed by atoms with Crippen LogP contribution in [0.1, 0.15) is 12.5 Å². The first-order chi connectivity index (χ1) is 14.0. The summed E-state index contributed by atoms with van der Waals surface area (Å²) in [4.78, 5) is 23.4. The molecule has 0 saturated carbocycles. The van der Waals surface area contributed by atoms with Crippen molar-refractivity contribution >= 4 is 34.0 Å². The minimum Gasteiger partial charge on any atom is -0.493 e. The number of rotatable bonds is 10. The van der Waals surface area contributed by atoms with Gasteiger partial charge < -0.3 is 18.9 Å². The van der Waals surface area contributed by atoms with E-state index in [1.54, 1.807) is 49.4 Å². The fourth-order valence-corrected chi connectivity index (χ4v) is 2.51. The molecular weight excluding hydrogens is 444 g/mol. The van der Waals surface area contributed by atoms with Gasteiger partial charge >= 0.3 is 5.97 Å². The lowest BCUT2D eigenvalue weighted by molar-refractivity contribution is -0.145. The van der Waals surface area contributed by atoms with Crippen molar-refractivity contribution in [2.75, 3.05) is 26.9 Å². The molecule has 9 heteroatoms. The predicted octanol–water partition coefficient (Wildman–Crippen LogP) is 2.93. The zero-order valence-electron chi connectivity index (χ0n) is 16.0. The quantitative estimate of drug-likeness (QED) is 0.330. The third-order valence-electron chi connectivity index (χ3n) is 3.45. The molecule has 2 aromatic carbocycles. The summed E-state index contributed by atoms with van der Waals surface area (Å²) >= 11 is 3.34. The molecule has 0 spiro atoms. The average Bonchev–Trinajstić information content (AvgIpc) is 2.72. The van der Waals surface area contributed by atoms with Gasteiger partial charge in [-0.05, 0) is 37.3 Å². The standard InChI is InChI=1S/C20H21BrN2O6/c1-3-27-20(25)13-29-16-7-5-4-6-14(16)11-22-23-19(24)12-28-17-9-8-15(21)10-18(17)26-2/h4-11H,3,12-13H2,1-2H3,(H,23,24)/b22-11-. The minimum atomic E-state index is -0.465. The normalized spacial score (nSPS) is 10.4. The Morgan fingerprint density at radius 2 is 1.83 bits per heavy atom. The van der Waals surface area contributed by atoms with E-state index in [0.717, 1.165) is 4.47 Å². The van der Waals surface area contributed by atoms with E-state index in [1.807, 2.05) is 0 Å². The van der Waals surface area contributed by atoms with Crippen LogP contribution in [0.25, 0.3) is 0 Å². The average molecular weight is 465 g/mol. The van der Waals surface area contributed by atoms with E-state index in [9.17, 15) is 9.59 Å². The monoisotopic (exact) mass is 464 g/mol. The first-order valence-electron chi connectivity index (χ1n) is 8.69. The Kier molecular flexibility index (Phi) is 8.97. The molecule has 0 aliphatic rings.